The largest absolute Gasteiger partial charge is 0.497 e. The molecule has 0 aliphatic heterocycles. The molecular weight excluding hydrogens is 400 g/mol. The molecule has 0 aliphatic rings. The average molecular weight is 421 g/mol. The van der Waals surface area contributed by atoms with Crippen LogP contribution in [-0.4, -0.2) is 35.4 Å². The Labute approximate surface area is 171 Å². The summed E-state index contributed by atoms with van der Waals surface area (Å²) in [6.45, 7) is -0.929. The van der Waals surface area contributed by atoms with Gasteiger partial charge < -0.3 is 14.8 Å². The van der Waals surface area contributed by atoms with Gasteiger partial charge >= 0.3 is 6.55 Å². The first kappa shape index (κ1) is 20.9. The number of rotatable bonds is 8. The van der Waals surface area contributed by atoms with Crippen LogP contribution < -0.4 is 14.8 Å². The number of thioether (sulfide) groups is 1. The maximum atomic E-state index is 13.5. The quantitative estimate of drug-likeness (QED) is 0.546. The molecule has 1 N–H and O–H groups in total. The van der Waals surface area contributed by atoms with E-state index in [2.05, 4.69) is 10.3 Å². The van der Waals surface area contributed by atoms with Gasteiger partial charge in [-0.2, -0.15) is 8.78 Å². The van der Waals surface area contributed by atoms with Crippen molar-refractivity contribution < 1.29 is 23.0 Å². The highest BCUT2D eigenvalue weighted by atomic mass is 32.2. The first-order valence-corrected chi connectivity index (χ1v) is 9.82. The zero-order valence-electron chi connectivity index (χ0n) is 16.2. The van der Waals surface area contributed by atoms with Crippen LogP contribution in [0.3, 0.4) is 0 Å². The maximum absolute atomic E-state index is 13.5. The van der Waals surface area contributed by atoms with Gasteiger partial charge in [-0.25, -0.2) is 4.98 Å². The highest BCUT2D eigenvalue weighted by Gasteiger charge is 2.20. The number of benzene rings is 2. The molecule has 9 heteroatoms. The lowest BCUT2D eigenvalue weighted by Crippen LogP contribution is -2.28. The number of methoxy groups -OCH3 is 2. The number of fused-ring (bicyclic) bond motifs is 1. The summed E-state index contributed by atoms with van der Waals surface area (Å²) in [5, 5.41) is 2.96. The van der Waals surface area contributed by atoms with E-state index < -0.39 is 6.55 Å². The summed E-state index contributed by atoms with van der Waals surface area (Å²) in [6, 6.07) is 11.6. The fourth-order valence-electron chi connectivity index (χ4n) is 2.98. The van der Waals surface area contributed by atoms with Gasteiger partial charge in [-0.1, -0.05) is 23.9 Å². The van der Waals surface area contributed by atoms with Crippen LogP contribution in [0.5, 0.6) is 11.5 Å². The maximum Gasteiger partial charge on any atom is 0.321 e. The molecule has 0 aliphatic carbocycles. The van der Waals surface area contributed by atoms with Gasteiger partial charge in [0.2, 0.25) is 5.91 Å². The Morgan fingerprint density at radius 2 is 1.97 bits per heavy atom. The molecule has 1 atom stereocenters. The van der Waals surface area contributed by atoms with Crippen molar-refractivity contribution >= 4 is 28.7 Å². The number of carbonyl (C=O) groups is 1. The fourth-order valence-corrected chi connectivity index (χ4v) is 3.81. The number of nitrogens with one attached hydrogen (secondary N) is 1. The third-order valence-corrected chi connectivity index (χ3v) is 5.32. The van der Waals surface area contributed by atoms with Crippen molar-refractivity contribution in [3.8, 4) is 11.5 Å². The lowest BCUT2D eigenvalue weighted by molar-refractivity contribution is -0.119. The lowest BCUT2D eigenvalue weighted by atomic mass is 10.1. The van der Waals surface area contributed by atoms with Gasteiger partial charge in [0.1, 0.15) is 11.5 Å². The second kappa shape index (κ2) is 9.13. The van der Waals surface area contributed by atoms with Crippen LogP contribution in [0.25, 0.3) is 11.0 Å². The van der Waals surface area contributed by atoms with E-state index in [1.165, 1.54) is 0 Å². The van der Waals surface area contributed by atoms with Crippen LogP contribution in [0.1, 0.15) is 25.1 Å². The van der Waals surface area contributed by atoms with E-state index in [0.29, 0.717) is 22.5 Å². The molecule has 1 aromatic heterocycles. The van der Waals surface area contributed by atoms with E-state index in [-0.39, 0.29) is 22.9 Å². The standard InChI is InChI=1S/C20H21F2N3O3S/c1-12(14-10-13(27-2)8-9-17(14)28-3)23-18(26)11-29-20-24-15-6-4-5-7-16(15)25(20)19(21)22/h4-10,12,19H,11H2,1-3H3,(H,23,26). The van der Waals surface area contributed by atoms with E-state index in [1.54, 1.807) is 56.7 Å². The number of amides is 1. The van der Waals surface area contributed by atoms with Crippen LogP contribution in [0, 0.1) is 0 Å². The van der Waals surface area contributed by atoms with Crippen molar-refractivity contribution in [1.29, 1.82) is 0 Å². The molecule has 1 heterocycles. The normalized spacial score (nSPS) is 12.2. The van der Waals surface area contributed by atoms with Crippen LogP contribution in [0.4, 0.5) is 8.78 Å². The van der Waals surface area contributed by atoms with Gasteiger partial charge in [-0.05, 0) is 37.3 Å². The first-order chi connectivity index (χ1) is 13.9. The summed E-state index contributed by atoms with van der Waals surface area (Å²) in [7, 11) is 3.10. The molecule has 0 fully saturated rings. The molecule has 0 saturated carbocycles. The van der Waals surface area contributed by atoms with Crippen LogP contribution >= 0.6 is 11.8 Å². The molecule has 0 bridgehead atoms. The number of alkyl halides is 2. The molecule has 3 rings (SSSR count). The molecule has 154 valence electrons. The van der Waals surface area contributed by atoms with Crippen molar-refractivity contribution in [2.75, 3.05) is 20.0 Å². The monoisotopic (exact) mass is 421 g/mol. The third-order valence-electron chi connectivity index (χ3n) is 4.37. The second-order valence-corrected chi connectivity index (χ2v) is 7.16. The number of halogens is 2. The minimum atomic E-state index is -2.74. The summed E-state index contributed by atoms with van der Waals surface area (Å²) in [6.07, 6.45) is 0. The third kappa shape index (κ3) is 4.61. The molecule has 29 heavy (non-hydrogen) atoms. The van der Waals surface area contributed by atoms with Gasteiger partial charge in [0.15, 0.2) is 5.16 Å². The molecule has 0 radical (unpaired) electrons. The topological polar surface area (TPSA) is 65.4 Å². The Balaban J connectivity index is 1.71. The number of hydrogen-bond acceptors (Lipinski definition) is 5. The lowest BCUT2D eigenvalue weighted by Gasteiger charge is -2.18. The van der Waals surface area contributed by atoms with Crippen molar-refractivity contribution in [1.82, 2.24) is 14.9 Å². The summed E-state index contributed by atoms with van der Waals surface area (Å²) < 4.78 is 38.4. The summed E-state index contributed by atoms with van der Waals surface area (Å²) >= 11 is 0.968. The SMILES string of the molecule is COc1ccc(OC)c(C(C)NC(=O)CSc2nc3ccccc3n2C(F)F)c1. The van der Waals surface area contributed by atoms with E-state index in [0.717, 1.165) is 21.9 Å². The van der Waals surface area contributed by atoms with Gasteiger partial charge in [0.05, 0.1) is 37.0 Å². The van der Waals surface area contributed by atoms with E-state index in [9.17, 15) is 13.6 Å². The average Bonchev–Trinajstić information content (AvgIpc) is 3.10. The molecule has 1 amide bonds. The number of nitrogens with zero attached hydrogens (tertiary/aromatic N) is 2. The van der Waals surface area contributed by atoms with Crippen LogP contribution in [0.15, 0.2) is 47.6 Å². The molecule has 6 nitrogen and oxygen atoms in total. The van der Waals surface area contributed by atoms with Crippen molar-refractivity contribution in [2.24, 2.45) is 0 Å². The minimum Gasteiger partial charge on any atom is -0.497 e. The highest BCUT2D eigenvalue weighted by Crippen LogP contribution is 2.31. The summed E-state index contributed by atoms with van der Waals surface area (Å²) in [5.74, 6) is 0.903. The first-order valence-electron chi connectivity index (χ1n) is 8.83. The van der Waals surface area contributed by atoms with E-state index in [4.69, 9.17) is 9.47 Å². The van der Waals surface area contributed by atoms with Crippen molar-refractivity contribution in [2.45, 2.75) is 24.7 Å². The highest BCUT2D eigenvalue weighted by molar-refractivity contribution is 7.99. The predicted molar refractivity (Wildman–Crippen MR) is 108 cm³/mol. The number of carbonyl (C=O) groups excluding carboxylic acids is 1. The molecule has 0 saturated heterocycles. The summed E-state index contributed by atoms with van der Waals surface area (Å²) in [4.78, 5) is 16.6. The predicted octanol–water partition coefficient (Wildman–Crippen LogP) is 4.42. The molecule has 1 unspecified atom stereocenters. The molecule has 3 aromatic rings. The molecule has 0 spiro atoms. The number of para-hydroxylation sites is 2. The van der Waals surface area contributed by atoms with Crippen LogP contribution in [0.2, 0.25) is 0 Å². The Bertz CT molecular complexity index is 1010. The number of hydrogen-bond donors (Lipinski definition) is 1. The van der Waals surface area contributed by atoms with Crippen molar-refractivity contribution in [3.63, 3.8) is 0 Å². The molecule has 2 aromatic carbocycles. The smallest absolute Gasteiger partial charge is 0.321 e. The van der Waals surface area contributed by atoms with Crippen LogP contribution in [-0.2, 0) is 4.79 Å². The zero-order chi connectivity index (χ0) is 21.0. The Morgan fingerprint density at radius 3 is 2.66 bits per heavy atom. The Hall–Kier alpha value is -2.81. The number of imidazole rings is 1. The van der Waals surface area contributed by atoms with Gasteiger partial charge in [0, 0.05) is 5.56 Å². The number of aromatic nitrogens is 2. The Kier molecular flexibility index (Phi) is 6.58. The van der Waals surface area contributed by atoms with Gasteiger partial charge in [-0.15, -0.1) is 0 Å². The second-order valence-electron chi connectivity index (χ2n) is 6.22. The van der Waals surface area contributed by atoms with E-state index >= 15 is 0 Å². The van der Waals surface area contributed by atoms with Gasteiger partial charge in [0.25, 0.3) is 0 Å². The zero-order valence-corrected chi connectivity index (χ0v) is 17.0. The van der Waals surface area contributed by atoms with Gasteiger partial charge in [-0.3, -0.25) is 9.36 Å². The fraction of sp³-hybridized carbons (Fsp3) is 0.300. The van der Waals surface area contributed by atoms with E-state index in [1.807, 2.05) is 6.92 Å². The Morgan fingerprint density at radius 1 is 1.21 bits per heavy atom. The molecular formula is C20H21F2N3O3S. The summed E-state index contributed by atoms with van der Waals surface area (Å²) in [5.41, 5.74) is 1.55. The van der Waals surface area contributed by atoms with Crippen molar-refractivity contribution in [3.05, 3.63) is 48.0 Å². The number of ether oxygens (including phenoxy) is 2. The minimum absolute atomic E-state index is 0.0489.